The number of ether oxygens (including phenoxy) is 1. The van der Waals surface area contributed by atoms with E-state index in [4.69, 9.17) is 4.74 Å². The average Bonchev–Trinajstić information content (AvgIpc) is 2.49. The molecule has 0 spiro atoms. The van der Waals surface area contributed by atoms with E-state index in [9.17, 15) is 5.11 Å². The van der Waals surface area contributed by atoms with Gasteiger partial charge in [0.05, 0.1) is 11.2 Å². The molecule has 0 fully saturated rings. The largest absolute Gasteiger partial charge is 0.506 e. The van der Waals surface area contributed by atoms with E-state index in [1.165, 1.54) is 0 Å². The van der Waals surface area contributed by atoms with E-state index in [-0.39, 0.29) is 5.75 Å². The van der Waals surface area contributed by atoms with Crippen molar-refractivity contribution in [2.24, 2.45) is 0 Å². The molecule has 20 heavy (non-hydrogen) atoms. The Kier molecular flexibility index (Phi) is 3.42. The molecule has 0 amide bonds. The maximum absolute atomic E-state index is 10.2. The Morgan fingerprint density at radius 1 is 1.30 bits per heavy atom. The summed E-state index contributed by atoms with van der Waals surface area (Å²) < 4.78 is 5.78. The van der Waals surface area contributed by atoms with Crippen LogP contribution in [0.1, 0.15) is 17.7 Å². The van der Waals surface area contributed by atoms with Gasteiger partial charge in [-0.05, 0) is 38.0 Å². The topological polar surface area (TPSA) is 42.4 Å². The van der Waals surface area contributed by atoms with Crippen LogP contribution in [0, 0.1) is 13.3 Å². The van der Waals surface area contributed by atoms with E-state index in [0.29, 0.717) is 12.3 Å². The number of hydrogen-bond acceptors (Lipinski definition) is 3. The smallest absolute Gasteiger partial charge is 0.144 e. The Morgan fingerprint density at radius 2 is 2.15 bits per heavy atom. The second-order valence-corrected chi connectivity index (χ2v) is 4.77. The summed E-state index contributed by atoms with van der Waals surface area (Å²) in [6.07, 6.45) is 8.87. The molecule has 101 valence electrons. The van der Waals surface area contributed by atoms with E-state index >= 15 is 0 Å². The van der Waals surface area contributed by atoms with Crippen molar-refractivity contribution in [1.82, 2.24) is 4.98 Å². The molecular formula is C17H16NO2. The molecular weight excluding hydrogens is 250 g/mol. The van der Waals surface area contributed by atoms with Crippen LogP contribution in [0.4, 0.5) is 0 Å². The molecule has 1 aromatic carbocycles. The third kappa shape index (κ3) is 2.39. The van der Waals surface area contributed by atoms with Crippen LogP contribution in [-0.2, 0) is 11.3 Å². The minimum atomic E-state index is 0.218. The van der Waals surface area contributed by atoms with Gasteiger partial charge in [-0.15, -0.1) is 0 Å². The zero-order valence-electron chi connectivity index (χ0n) is 11.3. The predicted molar refractivity (Wildman–Crippen MR) is 79.1 cm³/mol. The summed E-state index contributed by atoms with van der Waals surface area (Å²) in [6.45, 7) is 2.14. The molecule has 1 heterocycles. The third-order valence-corrected chi connectivity index (χ3v) is 3.38. The highest BCUT2D eigenvalue weighted by molar-refractivity contribution is 5.84. The van der Waals surface area contributed by atoms with E-state index in [1.807, 2.05) is 42.5 Å². The van der Waals surface area contributed by atoms with Crippen molar-refractivity contribution in [2.45, 2.75) is 20.0 Å². The van der Waals surface area contributed by atoms with Gasteiger partial charge in [-0.1, -0.05) is 24.3 Å². The molecule has 0 unspecified atom stereocenters. The first-order chi connectivity index (χ1) is 9.75. The van der Waals surface area contributed by atoms with Crippen molar-refractivity contribution >= 4 is 10.9 Å². The second kappa shape index (κ2) is 5.37. The predicted octanol–water partition coefficient (Wildman–Crippen LogP) is 3.81. The van der Waals surface area contributed by atoms with E-state index in [1.54, 1.807) is 6.92 Å². The highest BCUT2D eigenvalue weighted by Gasteiger charge is 2.12. The van der Waals surface area contributed by atoms with Gasteiger partial charge in [0, 0.05) is 10.9 Å². The highest BCUT2D eigenvalue weighted by atomic mass is 16.5. The van der Waals surface area contributed by atoms with Gasteiger partial charge in [-0.3, -0.25) is 0 Å². The van der Waals surface area contributed by atoms with Crippen molar-refractivity contribution in [3.63, 3.8) is 0 Å². The van der Waals surface area contributed by atoms with Crippen LogP contribution in [0.5, 0.6) is 5.75 Å². The summed E-state index contributed by atoms with van der Waals surface area (Å²) in [4.78, 5) is 4.39. The molecule has 1 N–H and O–H groups in total. The highest BCUT2D eigenvalue weighted by Crippen LogP contribution is 2.29. The molecule has 1 aliphatic rings. The van der Waals surface area contributed by atoms with Gasteiger partial charge >= 0.3 is 0 Å². The molecule has 1 aliphatic carbocycles. The summed E-state index contributed by atoms with van der Waals surface area (Å²) in [6, 6.07) is 7.79. The lowest BCUT2D eigenvalue weighted by Gasteiger charge is -2.14. The number of rotatable bonds is 3. The Balaban J connectivity index is 1.95. The molecule has 2 aromatic rings. The molecule has 0 atom stereocenters. The van der Waals surface area contributed by atoms with Gasteiger partial charge in [0.2, 0.25) is 0 Å². The minimum Gasteiger partial charge on any atom is -0.506 e. The molecule has 1 radical (unpaired) electrons. The summed E-state index contributed by atoms with van der Waals surface area (Å²) in [5.41, 5.74) is 2.30. The summed E-state index contributed by atoms with van der Waals surface area (Å²) >= 11 is 0. The van der Waals surface area contributed by atoms with Crippen LogP contribution in [0.15, 0.2) is 48.3 Å². The van der Waals surface area contributed by atoms with Crippen molar-refractivity contribution in [2.75, 3.05) is 0 Å². The molecule has 1 aromatic heterocycles. The fraction of sp³-hybridized carbons (Fsp3) is 0.176. The molecule has 3 rings (SSSR count). The molecule has 3 heteroatoms. The number of allylic oxidation sites excluding steroid dienone is 3. The summed E-state index contributed by atoms with van der Waals surface area (Å²) in [7, 11) is 0. The van der Waals surface area contributed by atoms with Crippen LogP contribution in [0.25, 0.3) is 10.9 Å². The zero-order valence-corrected chi connectivity index (χ0v) is 11.3. The Morgan fingerprint density at radius 3 is 2.95 bits per heavy atom. The number of pyridine rings is 1. The lowest BCUT2D eigenvalue weighted by molar-refractivity contribution is 0.207. The maximum Gasteiger partial charge on any atom is 0.144 e. The molecule has 0 bridgehead atoms. The molecule has 0 saturated heterocycles. The monoisotopic (exact) mass is 266 g/mol. The number of nitrogens with zero attached hydrogens (tertiary/aromatic N) is 1. The van der Waals surface area contributed by atoms with E-state index in [2.05, 4.69) is 11.4 Å². The minimum absolute atomic E-state index is 0.218. The van der Waals surface area contributed by atoms with E-state index < -0.39 is 0 Å². The molecule has 0 aliphatic heterocycles. The fourth-order valence-corrected chi connectivity index (χ4v) is 2.31. The number of benzene rings is 1. The maximum atomic E-state index is 10.2. The Hall–Kier alpha value is -2.29. The molecule has 3 nitrogen and oxygen atoms in total. The standard InChI is InChI=1S/C17H16NO2/c1-12-17(19)15(11-20-13-7-3-2-4-8-13)14-9-5-6-10-16(14)18-12/h2-3,5-10,19H,4,11H2,1H3. The van der Waals surface area contributed by atoms with Crippen LogP contribution in [0.2, 0.25) is 0 Å². The number of aromatic nitrogens is 1. The first-order valence-electron chi connectivity index (χ1n) is 6.66. The second-order valence-electron chi connectivity index (χ2n) is 4.77. The third-order valence-electron chi connectivity index (χ3n) is 3.38. The molecule has 0 saturated carbocycles. The van der Waals surface area contributed by atoms with Crippen molar-refractivity contribution < 1.29 is 9.84 Å². The first kappa shape index (κ1) is 12.7. The number of para-hydroxylation sites is 1. The Bertz CT molecular complexity index is 701. The average molecular weight is 266 g/mol. The van der Waals surface area contributed by atoms with Crippen molar-refractivity contribution in [3.05, 3.63) is 65.9 Å². The van der Waals surface area contributed by atoms with Crippen LogP contribution < -0.4 is 0 Å². The SMILES string of the molecule is Cc1nc2ccccc2c(COC2=CC[CH]C=C2)c1O. The van der Waals surface area contributed by atoms with Crippen LogP contribution in [-0.4, -0.2) is 10.1 Å². The summed E-state index contributed by atoms with van der Waals surface area (Å²) in [5, 5.41) is 11.2. The van der Waals surface area contributed by atoms with Gasteiger partial charge in [0.15, 0.2) is 0 Å². The van der Waals surface area contributed by atoms with Gasteiger partial charge in [0.1, 0.15) is 18.1 Å². The number of hydrogen-bond donors (Lipinski definition) is 1. The zero-order chi connectivity index (χ0) is 13.9. The summed E-state index contributed by atoms with van der Waals surface area (Å²) in [5.74, 6) is 1.06. The van der Waals surface area contributed by atoms with Gasteiger partial charge in [-0.2, -0.15) is 0 Å². The quantitative estimate of drug-likeness (QED) is 0.918. The number of aryl methyl sites for hydroxylation is 1. The van der Waals surface area contributed by atoms with Gasteiger partial charge in [-0.25, -0.2) is 4.98 Å². The van der Waals surface area contributed by atoms with Crippen LogP contribution in [0.3, 0.4) is 0 Å². The van der Waals surface area contributed by atoms with Crippen LogP contribution >= 0.6 is 0 Å². The van der Waals surface area contributed by atoms with Crippen molar-refractivity contribution in [1.29, 1.82) is 0 Å². The number of fused-ring (bicyclic) bond motifs is 1. The van der Waals surface area contributed by atoms with E-state index in [0.717, 1.165) is 28.6 Å². The van der Waals surface area contributed by atoms with Crippen molar-refractivity contribution in [3.8, 4) is 5.75 Å². The lowest BCUT2D eigenvalue weighted by Crippen LogP contribution is -1.98. The lowest BCUT2D eigenvalue weighted by atomic mass is 10.1. The van der Waals surface area contributed by atoms with Gasteiger partial charge in [0.25, 0.3) is 0 Å². The first-order valence-corrected chi connectivity index (χ1v) is 6.66. The van der Waals surface area contributed by atoms with Gasteiger partial charge < -0.3 is 9.84 Å². The number of aromatic hydroxyl groups is 1. The normalized spacial score (nSPS) is 14.3. The Labute approximate surface area is 118 Å². The fourth-order valence-electron chi connectivity index (χ4n) is 2.31.